The lowest BCUT2D eigenvalue weighted by Crippen LogP contribution is -2.05. The van der Waals surface area contributed by atoms with E-state index in [0.717, 1.165) is 12.1 Å². The van der Waals surface area contributed by atoms with Gasteiger partial charge in [0.1, 0.15) is 6.26 Å². The van der Waals surface area contributed by atoms with E-state index in [0.29, 0.717) is 18.3 Å². The van der Waals surface area contributed by atoms with Gasteiger partial charge in [-0.3, -0.25) is 0 Å². The molecule has 0 amide bonds. The molecule has 2 N–H and O–H groups in total. The van der Waals surface area contributed by atoms with Crippen molar-refractivity contribution >= 4 is 0 Å². The van der Waals surface area contributed by atoms with Crippen LogP contribution in [0.15, 0.2) is 29.1 Å². The molecule has 5 nitrogen and oxygen atoms in total. The molecule has 5 heteroatoms. The van der Waals surface area contributed by atoms with Crippen molar-refractivity contribution in [3.63, 3.8) is 0 Å². The third kappa shape index (κ3) is 1.77. The Morgan fingerprint density at radius 3 is 2.93 bits per heavy atom. The van der Waals surface area contributed by atoms with E-state index in [9.17, 15) is 0 Å². The van der Waals surface area contributed by atoms with Crippen molar-refractivity contribution in [3.05, 3.63) is 30.4 Å². The van der Waals surface area contributed by atoms with Gasteiger partial charge in [-0.2, -0.15) is 0 Å². The summed E-state index contributed by atoms with van der Waals surface area (Å²) in [6.45, 7) is 0.571. The second kappa shape index (κ2) is 3.97. The van der Waals surface area contributed by atoms with Gasteiger partial charge in [-0.1, -0.05) is 0 Å². The number of aromatic nitrogens is 3. The summed E-state index contributed by atoms with van der Waals surface area (Å²) in [6.07, 6.45) is 5.47. The third-order valence-corrected chi connectivity index (χ3v) is 1.74. The van der Waals surface area contributed by atoms with Gasteiger partial charge >= 0.3 is 0 Å². The Morgan fingerprint density at radius 2 is 2.21 bits per heavy atom. The topological polar surface area (TPSA) is 77.8 Å². The minimum atomic E-state index is 0.434. The molecule has 0 aliphatic rings. The monoisotopic (exact) mass is 190 g/mol. The molecule has 0 spiro atoms. The van der Waals surface area contributed by atoms with E-state index in [4.69, 9.17) is 10.2 Å². The van der Waals surface area contributed by atoms with Gasteiger partial charge in [0.25, 0.3) is 5.89 Å². The molecule has 2 aromatic heterocycles. The van der Waals surface area contributed by atoms with Crippen molar-refractivity contribution in [2.45, 2.75) is 6.42 Å². The summed E-state index contributed by atoms with van der Waals surface area (Å²) >= 11 is 0. The lowest BCUT2D eigenvalue weighted by Gasteiger charge is -1.98. The van der Waals surface area contributed by atoms with Gasteiger partial charge in [-0.05, 0) is 12.6 Å². The van der Waals surface area contributed by atoms with E-state index < -0.39 is 0 Å². The lowest BCUT2D eigenvalue weighted by atomic mass is 10.3. The van der Waals surface area contributed by atoms with Crippen LogP contribution in [0, 0.1) is 0 Å². The first-order valence-electron chi connectivity index (χ1n) is 4.32. The molecule has 0 atom stereocenters. The molecular weight excluding hydrogens is 180 g/mol. The molecule has 0 aliphatic carbocycles. The van der Waals surface area contributed by atoms with Crippen LogP contribution in [0.2, 0.25) is 0 Å². The summed E-state index contributed by atoms with van der Waals surface area (Å²) in [5, 5.41) is 0. The molecule has 2 rings (SSSR count). The van der Waals surface area contributed by atoms with Crippen LogP contribution in [0.3, 0.4) is 0 Å². The smallest absolute Gasteiger partial charge is 0.264 e. The fourth-order valence-corrected chi connectivity index (χ4v) is 1.12. The summed E-state index contributed by atoms with van der Waals surface area (Å²) in [5.41, 5.74) is 6.33. The summed E-state index contributed by atoms with van der Waals surface area (Å²) in [7, 11) is 0. The maximum atomic E-state index is 5.43. The number of hydrogen-bond donors (Lipinski definition) is 1. The molecule has 0 radical (unpaired) electrons. The average molecular weight is 190 g/mol. The zero-order valence-corrected chi connectivity index (χ0v) is 7.55. The van der Waals surface area contributed by atoms with Gasteiger partial charge in [0.05, 0.1) is 6.20 Å². The van der Waals surface area contributed by atoms with E-state index in [-0.39, 0.29) is 0 Å². The average Bonchev–Trinajstić information content (AvgIpc) is 2.71. The Hall–Kier alpha value is -1.75. The van der Waals surface area contributed by atoms with Gasteiger partial charge in [0.2, 0.25) is 5.82 Å². The molecule has 14 heavy (non-hydrogen) atoms. The number of nitrogens with two attached hydrogens (primary N) is 1. The molecule has 0 saturated carbocycles. The van der Waals surface area contributed by atoms with E-state index in [1.807, 2.05) is 6.07 Å². The van der Waals surface area contributed by atoms with Gasteiger partial charge in [-0.25, -0.2) is 15.0 Å². The van der Waals surface area contributed by atoms with Crippen LogP contribution in [-0.4, -0.2) is 21.5 Å². The predicted molar refractivity (Wildman–Crippen MR) is 50.3 cm³/mol. The van der Waals surface area contributed by atoms with Crippen LogP contribution in [0.25, 0.3) is 11.7 Å². The van der Waals surface area contributed by atoms with Gasteiger partial charge < -0.3 is 10.2 Å². The highest BCUT2D eigenvalue weighted by Crippen LogP contribution is 2.10. The van der Waals surface area contributed by atoms with E-state index in [1.165, 1.54) is 6.26 Å². The maximum absolute atomic E-state index is 5.43. The second-order valence-corrected chi connectivity index (χ2v) is 2.75. The largest absolute Gasteiger partial charge is 0.442 e. The maximum Gasteiger partial charge on any atom is 0.264 e. The quantitative estimate of drug-likeness (QED) is 0.768. The van der Waals surface area contributed by atoms with Crippen molar-refractivity contribution in [3.8, 4) is 11.7 Å². The number of nitrogens with zero attached hydrogens (tertiary/aromatic N) is 3. The lowest BCUT2D eigenvalue weighted by molar-refractivity contribution is 0.568. The van der Waals surface area contributed by atoms with Crippen LogP contribution in [0.1, 0.15) is 5.69 Å². The minimum Gasteiger partial charge on any atom is -0.442 e. The molecule has 0 aliphatic heterocycles. The second-order valence-electron chi connectivity index (χ2n) is 2.75. The van der Waals surface area contributed by atoms with Gasteiger partial charge in [-0.15, -0.1) is 0 Å². The molecule has 0 aromatic carbocycles. The van der Waals surface area contributed by atoms with Crippen LogP contribution >= 0.6 is 0 Å². The zero-order chi connectivity index (χ0) is 9.80. The standard InChI is InChI=1S/C9H10N4O/c10-3-1-7-2-4-11-8(13-7)9-12-5-6-14-9/h2,4-6H,1,3,10H2. The Bertz CT molecular complexity index is 399. The van der Waals surface area contributed by atoms with Crippen molar-refractivity contribution in [2.75, 3.05) is 6.54 Å². The Labute approximate surface area is 81.0 Å². The van der Waals surface area contributed by atoms with Crippen LogP contribution < -0.4 is 5.73 Å². The molecule has 2 aromatic rings. The molecule has 0 bridgehead atoms. The van der Waals surface area contributed by atoms with Crippen molar-refractivity contribution in [1.82, 2.24) is 15.0 Å². The Balaban J connectivity index is 2.31. The number of oxazole rings is 1. The van der Waals surface area contributed by atoms with E-state index >= 15 is 0 Å². The summed E-state index contributed by atoms with van der Waals surface area (Å²) < 4.78 is 5.09. The summed E-state index contributed by atoms with van der Waals surface area (Å²) in [5.74, 6) is 0.935. The third-order valence-electron chi connectivity index (χ3n) is 1.74. The molecule has 72 valence electrons. The zero-order valence-electron chi connectivity index (χ0n) is 7.55. The summed E-state index contributed by atoms with van der Waals surface area (Å²) in [4.78, 5) is 12.3. The predicted octanol–water partition coefficient (Wildman–Crippen LogP) is 0.633. The highest BCUT2D eigenvalue weighted by Gasteiger charge is 2.05. The van der Waals surface area contributed by atoms with Crippen LogP contribution in [-0.2, 0) is 6.42 Å². The summed E-state index contributed by atoms with van der Waals surface area (Å²) in [6, 6.07) is 1.83. The van der Waals surface area contributed by atoms with Gasteiger partial charge in [0.15, 0.2) is 0 Å². The highest BCUT2D eigenvalue weighted by molar-refractivity contribution is 5.39. The van der Waals surface area contributed by atoms with Crippen molar-refractivity contribution in [1.29, 1.82) is 0 Å². The fourth-order valence-electron chi connectivity index (χ4n) is 1.12. The highest BCUT2D eigenvalue weighted by atomic mass is 16.3. The first-order chi connectivity index (χ1) is 6.90. The van der Waals surface area contributed by atoms with Gasteiger partial charge in [0, 0.05) is 18.3 Å². The Kier molecular flexibility index (Phi) is 2.51. The van der Waals surface area contributed by atoms with Crippen LogP contribution in [0.4, 0.5) is 0 Å². The molecule has 0 unspecified atom stereocenters. The van der Waals surface area contributed by atoms with Crippen molar-refractivity contribution in [2.24, 2.45) is 5.73 Å². The molecular formula is C9H10N4O. The van der Waals surface area contributed by atoms with E-state index in [2.05, 4.69) is 15.0 Å². The fraction of sp³-hybridized carbons (Fsp3) is 0.222. The number of hydrogen-bond acceptors (Lipinski definition) is 5. The number of rotatable bonds is 3. The van der Waals surface area contributed by atoms with Crippen molar-refractivity contribution < 1.29 is 4.42 Å². The van der Waals surface area contributed by atoms with Crippen LogP contribution in [0.5, 0.6) is 0 Å². The minimum absolute atomic E-state index is 0.434. The van der Waals surface area contributed by atoms with E-state index in [1.54, 1.807) is 12.4 Å². The molecule has 2 heterocycles. The normalized spacial score (nSPS) is 10.4. The Morgan fingerprint density at radius 1 is 1.29 bits per heavy atom. The first kappa shape index (κ1) is 8.83. The molecule has 0 fully saturated rings. The molecule has 0 saturated heterocycles. The SMILES string of the molecule is NCCc1ccnc(-c2ncco2)n1. The first-order valence-corrected chi connectivity index (χ1v) is 4.32.